The molecule has 0 amide bonds. The Hall–Kier alpha value is -1.39. The fraction of sp³-hybridized carbons (Fsp3) is 0.231. The molecular formula is C13H18O3S. The molecule has 0 radical (unpaired) electrons. The highest BCUT2D eigenvalue weighted by Gasteiger charge is 2.16. The van der Waals surface area contributed by atoms with Crippen molar-refractivity contribution in [2.24, 2.45) is 0 Å². The first-order chi connectivity index (χ1) is 7.88. The Labute approximate surface area is 103 Å². The predicted octanol–water partition coefficient (Wildman–Crippen LogP) is 3.64. The van der Waals surface area contributed by atoms with Gasteiger partial charge in [0.25, 0.3) is 10.1 Å². The number of allylic oxidation sites excluding steroid dienone is 1. The maximum Gasteiger partial charge on any atom is 0.295 e. The molecular weight excluding hydrogens is 236 g/mol. The highest BCUT2D eigenvalue weighted by atomic mass is 32.2. The summed E-state index contributed by atoms with van der Waals surface area (Å²) < 4.78 is 31.1. The smallest absolute Gasteiger partial charge is 0.282 e. The van der Waals surface area contributed by atoms with Crippen LogP contribution in [0.1, 0.15) is 31.9 Å². The Bertz CT molecular complexity index is 513. The van der Waals surface area contributed by atoms with Crippen LogP contribution in [0.25, 0.3) is 11.6 Å². The Morgan fingerprint density at radius 2 is 1.88 bits per heavy atom. The molecule has 0 spiro atoms. The first kappa shape index (κ1) is 15.6. The van der Waals surface area contributed by atoms with E-state index in [1.54, 1.807) is 19.1 Å². The van der Waals surface area contributed by atoms with E-state index < -0.39 is 10.1 Å². The van der Waals surface area contributed by atoms with Crippen molar-refractivity contribution in [1.82, 2.24) is 0 Å². The maximum absolute atomic E-state index is 11.1. The summed E-state index contributed by atoms with van der Waals surface area (Å²) in [6.45, 7) is 13.0. The molecule has 0 heterocycles. The van der Waals surface area contributed by atoms with Gasteiger partial charge in [0.05, 0.1) is 0 Å². The van der Waals surface area contributed by atoms with Crippen molar-refractivity contribution < 1.29 is 13.0 Å². The molecule has 0 atom stereocenters. The number of benzene rings is 1. The average Bonchev–Trinajstić information content (AvgIpc) is 2.29. The van der Waals surface area contributed by atoms with Crippen LogP contribution >= 0.6 is 0 Å². The Kier molecular flexibility index (Phi) is 5.85. The monoisotopic (exact) mass is 254 g/mol. The van der Waals surface area contributed by atoms with E-state index >= 15 is 0 Å². The Morgan fingerprint density at radius 1 is 1.35 bits per heavy atom. The molecule has 0 saturated carbocycles. The first-order valence-corrected chi connectivity index (χ1v) is 6.70. The summed E-state index contributed by atoms with van der Waals surface area (Å²) in [6.07, 6.45) is 1.40. The van der Waals surface area contributed by atoms with Crippen LogP contribution in [-0.4, -0.2) is 13.0 Å². The van der Waals surface area contributed by atoms with E-state index in [0.29, 0.717) is 11.1 Å². The molecule has 1 aromatic carbocycles. The van der Waals surface area contributed by atoms with Crippen LogP contribution in [0.4, 0.5) is 0 Å². The number of hydrogen-bond acceptors (Lipinski definition) is 2. The molecule has 0 fully saturated rings. The third-order valence-electron chi connectivity index (χ3n) is 2.01. The summed E-state index contributed by atoms with van der Waals surface area (Å²) in [5.74, 6) is 0. The summed E-state index contributed by atoms with van der Waals surface area (Å²) in [4.78, 5) is -0.141. The lowest BCUT2D eigenvalue weighted by Crippen LogP contribution is -2.02. The Balaban J connectivity index is 0.00000121. The lowest BCUT2D eigenvalue weighted by atomic mass is 10.0. The largest absolute Gasteiger partial charge is 0.295 e. The SMILES string of the molecule is C=Cc1c(C(=C)C)cccc1S(=O)(=O)O.CC. The van der Waals surface area contributed by atoms with Gasteiger partial charge in [-0.3, -0.25) is 4.55 Å². The van der Waals surface area contributed by atoms with Crippen molar-refractivity contribution in [3.63, 3.8) is 0 Å². The molecule has 0 aliphatic heterocycles. The van der Waals surface area contributed by atoms with Crippen LogP contribution in [0.15, 0.2) is 36.3 Å². The van der Waals surface area contributed by atoms with Crippen LogP contribution in [0.5, 0.6) is 0 Å². The van der Waals surface area contributed by atoms with Crippen LogP contribution in [0, 0.1) is 0 Å². The summed E-state index contributed by atoms with van der Waals surface area (Å²) in [7, 11) is -4.21. The molecule has 0 unspecified atom stereocenters. The zero-order valence-corrected chi connectivity index (χ0v) is 11.2. The lowest BCUT2D eigenvalue weighted by molar-refractivity contribution is 0.483. The van der Waals surface area contributed by atoms with Gasteiger partial charge in [0.1, 0.15) is 4.90 Å². The first-order valence-electron chi connectivity index (χ1n) is 5.26. The van der Waals surface area contributed by atoms with Crippen molar-refractivity contribution in [2.45, 2.75) is 25.7 Å². The molecule has 1 aromatic rings. The van der Waals surface area contributed by atoms with E-state index in [2.05, 4.69) is 13.2 Å². The zero-order chi connectivity index (χ0) is 13.6. The fourth-order valence-electron chi connectivity index (χ4n) is 1.35. The summed E-state index contributed by atoms with van der Waals surface area (Å²) in [5.41, 5.74) is 1.77. The number of rotatable bonds is 3. The lowest BCUT2D eigenvalue weighted by Gasteiger charge is -2.09. The van der Waals surface area contributed by atoms with Gasteiger partial charge < -0.3 is 0 Å². The normalized spacial score (nSPS) is 10.1. The van der Waals surface area contributed by atoms with Gasteiger partial charge in [0.15, 0.2) is 0 Å². The molecule has 0 aliphatic rings. The zero-order valence-electron chi connectivity index (χ0n) is 10.4. The third-order valence-corrected chi connectivity index (χ3v) is 2.92. The van der Waals surface area contributed by atoms with Crippen molar-refractivity contribution in [2.75, 3.05) is 0 Å². The summed E-state index contributed by atoms with van der Waals surface area (Å²) in [5, 5.41) is 0. The molecule has 1 N–H and O–H groups in total. The van der Waals surface area contributed by atoms with Gasteiger partial charge in [0, 0.05) is 5.56 Å². The minimum absolute atomic E-state index is 0.141. The molecule has 4 heteroatoms. The van der Waals surface area contributed by atoms with E-state index in [9.17, 15) is 8.42 Å². The maximum atomic E-state index is 11.1. The second-order valence-electron chi connectivity index (χ2n) is 3.18. The summed E-state index contributed by atoms with van der Waals surface area (Å²) >= 11 is 0. The van der Waals surface area contributed by atoms with E-state index in [1.807, 2.05) is 13.8 Å². The number of hydrogen-bond donors (Lipinski definition) is 1. The highest BCUT2D eigenvalue weighted by Crippen LogP contribution is 2.25. The third kappa shape index (κ3) is 3.84. The van der Waals surface area contributed by atoms with Crippen LogP contribution in [-0.2, 0) is 10.1 Å². The predicted molar refractivity (Wildman–Crippen MR) is 72.4 cm³/mol. The van der Waals surface area contributed by atoms with E-state index in [1.165, 1.54) is 12.1 Å². The van der Waals surface area contributed by atoms with E-state index in [0.717, 1.165) is 5.57 Å². The molecule has 0 aromatic heterocycles. The van der Waals surface area contributed by atoms with Crippen molar-refractivity contribution >= 4 is 21.8 Å². The van der Waals surface area contributed by atoms with Gasteiger partial charge in [-0.05, 0) is 18.6 Å². The van der Waals surface area contributed by atoms with Gasteiger partial charge in [-0.2, -0.15) is 8.42 Å². The van der Waals surface area contributed by atoms with Crippen LogP contribution in [0.3, 0.4) is 0 Å². The molecule has 0 saturated heterocycles. The molecule has 94 valence electrons. The minimum Gasteiger partial charge on any atom is -0.282 e. The van der Waals surface area contributed by atoms with Crippen molar-refractivity contribution in [3.05, 3.63) is 42.5 Å². The van der Waals surface area contributed by atoms with Crippen molar-refractivity contribution in [1.29, 1.82) is 0 Å². The van der Waals surface area contributed by atoms with Crippen LogP contribution < -0.4 is 0 Å². The van der Waals surface area contributed by atoms with Crippen molar-refractivity contribution in [3.8, 4) is 0 Å². The quantitative estimate of drug-likeness (QED) is 0.838. The fourth-order valence-corrected chi connectivity index (χ4v) is 2.07. The molecule has 0 bridgehead atoms. The Morgan fingerprint density at radius 3 is 2.24 bits per heavy atom. The van der Waals surface area contributed by atoms with Gasteiger partial charge in [-0.25, -0.2) is 0 Å². The summed E-state index contributed by atoms with van der Waals surface area (Å²) in [6, 6.07) is 4.62. The topological polar surface area (TPSA) is 54.4 Å². The van der Waals surface area contributed by atoms with Gasteiger partial charge >= 0.3 is 0 Å². The molecule has 17 heavy (non-hydrogen) atoms. The van der Waals surface area contributed by atoms with Gasteiger partial charge in [-0.1, -0.05) is 50.8 Å². The standard InChI is InChI=1S/C11H12O3S.C2H6/c1-4-9-10(8(2)3)6-5-7-11(9)15(12,13)14;1-2/h4-7H,1-2H2,3H3,(H,12,13,14);1-2H3. The average molecular weight is 254 g/mol. The van der Waals surface area contributed by atoms with Crippen LogP contribution in [0.2, 0.25) is 0 Å². The second kappa shape index (κ2) is 6.37. The van der Waals surface area contributed by atoms with Gasteiger partial charge in [0.2, 0.25) is 0 Å². The van der Waals surface area contributed by atoms with E-state index in [4.69, 9.17) is 4.55 Å². The highest BCUT2D eigenvalue weighted by molar-refractivity contribution is 7.85. The molecule has 3 nitrogen and oxygen atoms in total. The molecule has 1 rings (SSSR count). The van der Waals surface area contributed by atoms with E-state index in [-0.39, 0.29) is 4.90 Å². The molecule has 0 aliphatic carbocycles. The minimum atomic E-state index is -4.21. The second-order valence-corrected chi connectivity index (χ2v) is 4.57. The van der Waals surface area contributed by atoms with Gasteiger partial charge in [-0.15, -0.1) is 0 Å².